The first-order valence-electron chi connectivity index (χ1n) is 7.61. The molecule has 0 spiro atoms. The third kappa shape index (κ3) is 3.72. The number of nitrogens with one attached hydrogen (secondary N) is 1. The second-order valence-corrected chi connectivity index (χ2v) is 6.66. The van der Waals surface area contributed by atoms with Gasteiger partial charge in [0.2, 0.25) is 0 Å². The zero-order valence-electron chi connectivity index (χ0n) is 12.9. The van der Waals surface area contributed by atoms with Crippen molar-refractivity contribution in [3.05, 3.63) is 63.5 Å². The summed E-state index contributed by atoms with van der Waals surface area (Å²) in [5.41, 5.74) is 2.87. The first kappa shape index (κ1) is 16.0. The van der Waals surface area contributed by atoms with E-state index in [1.54, 1.807) is 0 Å². The highest BCUT2D eigenvalue weighted by Gasteiger charge is 2.07. The fourth-order valence-electron chi connectivity index (χ4n) is 2.62. The maximum Gasteiger partial charge on any atom is 0.251 e. The molecule has 0 aliphatic carbocycles. The van der Waals surface area contributed by atoms with Crippen molar-refractivity contribution in [3.8, 4) is 0 Å². The molecule has 4 nitrogen and oxygen atoms in total. The number of aryl methyl sites for hydroxylation is 2. The SMILES string of the molecule is Cc1nc2ccccc2n1CCCNC(=O)c1ccc(I)cc1. The minimum absolute atomic E-state index is 0.0198. The van der Waals surface area contributed by atoms with Crippen molar-refractivity contribution in [2.75, 3.05) is 6.54 Å². The van der Waals surface area contributed by atoms with Crippen LogP contribution in [-0.2, 0) is 6.54 Å². The number of aromatic nitrogens is 2. The van der Waals surface area contributed by atoms with Gasteiger partial charge in [-0.2, -0.15) is 0 Å². The topological polar surface area (TPSA) is 46.9 Å². The van der Waals surface area contributed by atoms with Gasteiger partial charge in [-0.15, -0.1) is 0 Å². The zero-order chi connectivity index (χ0) is 16.2. The van der Waals surface area contributed by atoms with Gasteiger partial charge >= 0.3 is 0 Å². The number of carbonyl (C=O) groups is 1. The van der Waals surface area contributed by atoms with Gasteiger partial charge in [0, 0.05) is 22.2 Å². The van der Waals surface area contributed by atoms with Gasteiger partial charge < -0.3 is 9.88 Å². The van der Waals surface area contributed by atoms with Gasteiger partial charge in [0.25, 0.3) is 5.91 Å². The summed E-state index contributed by atoms with van der Waals surface area (Å²) in [4.78, 5) is 16.6. The van der Waals surface area contributed by atoms with Crippen LogP contribution in [0.4, 0.5) is 0 Å². The van der Waals surface area contributed by atoms with E-state index in [-0.39, 0.29) is 5.91 Å². The molecule has 2 aromatic carbocycles. The molecule has 1 heterocycles. The van der Waals surface area contributed by atoms with Crippen LogP contribution in [0.15, 0.2) is 48.5 Å². The molecule has 0 bridgehead atoms. The Labute approximate surface area is 149 Å². The van der Waals surface area contributed by atoms with Crippen LogP contribution in [0.2, 0.25) is 0 Å². The summed E-state index contributed by atoms with van der Waals surface area (Å²) in [6.07, 6.45) is 0.872. The average molecular weight is 419 g/mol. The molecule has 0 saturated heterocycles. The van der Waals surface area contributed by atoms with E-state index in [1.165, 1.54) is 0 Å². The molecule has 5 heteroatoms. The lowest BCUT2D eigenvalue weighted by Crippen LogP contribution is -2.25. The number of para-hydroxylation sites is 2. The number of carbonyl (C=O) groups excluding carboxylic acids is 1. The fourth-order valence-corrected chi connectivity index (χ4v) is 2.98. The second-order valence-electron chi connectivity index (χ2n) is 5.42. The quantitative estimate of drug-likeness (QED) is 0.506. The number of halogens is 1. The lowest BCUT2D eigenvalue weighted by molar-refractivity contribution is 0.0953. The van der Waals surface area contributed by atoms with Gasteiger partial charge in [-0.25, -0.2) is 4.98 Å². The van der Waals surface area contributed by atoms with Crippen LogP contribution in [0.3, 0.4) is 0 Å². The molecule has 3 rings (SSSR count). The molecule has 0 radical (unpaired) electrons. The summed E-state index contributed by atoms with van der Waals surface area (Å²) in [6.45, 7) is 3.51. The molecule has 3 aromatic rings. The zero-order valence-corrected chi connectivity index (χ0v) is 15.1. The van der Waals surface area contributed by atoms with Gasteiger partial charge in [0.15, 0.2) is 0 Å². The first-order chi connectivity index (χ1) is 11.1. The normalized spacial score (nSPS) is 10.9. The molecule has 1 amide bonds. The van der Waals surface area contributed by atoms with E-state index in [4.69, 9.17) is 0 Å². The molecule has 0 unspecified atom stereocenters. The summed E-state index contributed by atoms with van der Waals surface area (Å²) in [6, 6.07) is 15.7. The number of hydrogen-bond donors (Lipinski definition) is 1. The van der Waals surface area contributed by atoms with E-state index >= 15 is 0 Å². The fraction of sp³-hybridized carbons (Fsp3) is 0.222. The summed E-state index contributed by atoms with van der Waals surface area (Å²) in [5, 5.41) is 2.97. The maximum absolute atomic E-state index is 12.1. The van der Waals surface area contributed by atoms with Gasteiger partial charge in [0.05, 0.1) is 11.0 Å². The Morgan fingerprint density at radius 1 is 1.17 bits per heavy atom. The third-order valence-electron chi connectivity index (χ3n) is 3.80. The average Bonchev–Trinajstić information content (AvgIpc) is 2.87. The number of nitrogens with zero attached hydrogens (tertiary/aromatic N) is 2. The summed E-state index contributed by atoms with van der Waals surface area (Å²) >= 11 is 2.23. The number of imidazole rings is 1. The van der Waals surface area contributed by atoms with Crippen molar-refractivity contribution in [2.24, 2.45) is 0 Å². The van der Waals surface area contributed by atoms with Crippen LogP contribution in [0, 0.1) is 10.5 Å². The monoisotopic (exact) mass is 419 g/mol. The van der Waals surface area contributed by atoms with Crippen LogP contribution in [0.1, 0.15) is 22.6 Å². The summed E-state index contributed by atoms with van der Waals surface area (Å²) in [5.74, 6) is 0.990. The summed E-state index contributed by atoms with van der Waals surface area (Å²) in [7, 11) is 0. The van der Waals surface area contributed by atoms with Gasteiger partial charge in [-0.05, 0) is 72.3 Å². The van der Waals surface area contributed by atoms with Crippen molar-refractivity contribution in [3.63, 3.8) is 0 Å². The minimum atomic E-state index is -0.0198. The van der Waals surface area contributed by atoms with Crippen molar-refractivity contribution in [2.45, 2.75) is 19.9 Å². The molecule has 118 valence electrons. The van der Waals surface area contributed by atoms with E-state index in [1.807, 2.05) is 49.4 Å². The lowest BCUT2D eigenvalue weighted by Gasteiger charge is -2.08. The third-order valence-corrected chi connectivity index (χ3v) is 4.52. The number of hydrogen-bond acceptors (Lipinski definition) is 2. The van der Waals surface area contributed by atoms with E-state index in [0.29, 0.717) is 12.1 Å². The lowest BCUT2D eigenvalue weighted by atomic mass is 10.2. The van der Waals surface area contributed by atoms with Gasteiger partial charge in [0.1, 0.15) is 5.82 Å². The molecule has 0 fully saturated rings. The van der Waals surface area contributed by atoms with Crippen molar-refractivity contribution >= 4 is 39.5 Å². The van der Waals surface area contributed by atoms with E-state index in [0.717, 1.165) is 33.4 Å². The molecular weight excluding hydrogens is 401 g/mol. The number of amides is 1. The smallest absolute Gasteiger partial charge is 0.251 e. The van der Waals surface area contributed by atoms with E-state index < -0.39 is 0 Å². The van der Waals surface area contributed by atoms with E-state index in [9.17, 15) is 4.79 Å². The predicted molar refractivity (Wildman–Crippen MR) is 101 cm³/mol. The maximum atomic E-state index is 12.1. The Balaban J connectivity index is 1.56. The van der Waals surface area contributed by atoms with Gasteiger partial charge in [-0.1, -0.05) is 12.1 Å². The summed E-state index contributed by atoms with van der Waals surface area (Å²) < 4.78 is 3.33. The van der Waals surface area contributed by atoms with E-state index in [2.05, 4.69) is 43.5 Å². The first-order valence-corrected chi connectivity index (χ1v) is 8.68. The van der Waals surface area contributed by atoms with Crippen LogP contribution >= 0.6 is 22.6 Å². The van der Waals surface area contributed by atoms with Crippen LogP contribution < -0.4 is 5.32 Å². The Morgan fingerprint density at radius 2 is 1.91 bits per heavy atom. The van der Waals surface area contributed by atoms with Crippen molar-refractivity contribution in [1.29, 1.82) is 0 Å². The van der Waals surface area contributed by atoms with Crippen LogP contribution in [0.5, 0.6) is 0 Å². The second kappa shape index (κ2) is 7.12. The largest absolute Gasteiger partial charge is 0.352 e. The number of benzene rings is 2. The molecule has 0 atom stereocenters. The van der Waals surface area contributed by atoms with Crippen LogP contribution in [-0.4, -0.2) is 22.0 Å². The Kier molecular flexibility index (Phi) is 4.95. The molecule has 0 aliphatic heterocycles. The molecule has 23 heavy (non-hydrogen) atoms. The van der Waals surface area contributed by atoms with Gasteiger partial charge in [-0.3, -0.25) is 4.79 Å². The molecule has 1 aromatic heterocycles. The minimum Gasteiger partial charge on any atom is -0.352 e. The highest BCUT2D eigenvalue weighted by molar-refractivity contribution is 14.1. The Bertz CT molecular complexity index is 824. The molecular formula is C18H18IN3O. The van der Waals surface area contributed by atoms with Crippen molar-refractivity contribution in [1.82, 2.24) is 14.9 Å². The predicted octanol–water partition coefficient (Wildman–Crippen LogP) is 3.77. The standard InChI is InChI=1S/C18H18IN3O/c1-13-21-16-5-2-3-6-17(16)22(13)12-4-11-20-18(23)14-7-9-15(19)10-8-14/h2-3,5-10H,4,11-12H2,1H3,(H,20,23). The Hall–Kier alpha value is -1.89. The highest BCUT2D eigenvalue weighted by Crippen LogP contribution is 2.15. The van der Waals surface area contributed by atoms with Crippen molar-refractivity contribution < 1.29 is 4.79 Å². The number of rotatable bonds is 5. The molecule has 0 aliphatic rings. The number of fused-ring (bicyclic) bond motifs is 1. The molecule has 0 saturated carbocycles. The Morgan fingerprint density at radius 3 is 2.70 bits per heavy atom. The van der Waals surface area contributed by atoms with Crippen LogP contribution in [0.25, 0.3) is 11.0 Å². The molecule has 1 N–H and O–H groups in total. The highest BCUT2D eigenvalue weighted by atomic mass is 127.